The largest absolute Gasteiger partial charge is 0.378 e. The summed E-state index contributed by atoms with van der Waals surface area (Å²) in [6, 6.07) is 0.581. The van der Waals surface area contributed by atoms with Gasteiger partial charge >= 0.3 is 0 Å². The molecule has 2 rings (SSSR count). The van der Waals surface area contributed by atoms with Crippen molar-refractivity contribution in [3.05, 3.63) is 10.6 Å². The molecule has 0 aliphatic carbocycles. The molecule has 17 heavy (non-hydrogen) atoms. The zero-order valence-electron chi connectivity index (χ0n) is 10.8. The summed E-state index contributed by atoms with van der Waals surface area (Å²) >= 11 is 1.71. The maximum absolute atomic E-state index is 5.75. The Morgan fingerprint density at radius 1 is 1.53 bits per heavy atom. The minimum atomic E-state index is 0.550. The van der Waals surface area contributed by atoms with Gasteiger partial charge in [-0.25, -0.2) is 4.98 Å². The van der Waals surface area contributed by atoms with Crippen LogP contribution >= 0.6 is 11.3 Å². The van der Waals surface area contributed by atoms with E-state index in [4.69, 9.17) is 10.5 Å². The summed E-state index contributed by atoms with van der Waals surface area (Å²) in [5.41, 5.74) is 6.75. The van der Waals surface area contributed by atoms with Gasteiger partial charge in [-0.2, -0.15) is 0 Å². The number of thiazole rings is 1. The van der Waals surface area contributed by atoms with E-state index < -0.39 is 0 Å². The van der Waals surface area contributed by atoms with Gasteiger partial charge in [0.05, 0.1) is 12.3 Å². The number of aromatic nitrogens is 1. The first-order chi connectivity index (χ1) is 8.15. The molecule has 0 bridgehead atoms. The van der Waals surface area contributed by atoms with Crippen LogP contribution in [-0.4, -0.2) is 24.7 Å². The zero-order valence-corrected chi connectivity index (χ0v) is 11.6. The third-order valence-corrected chi connectivity index (χ3v) is 4.42. The van der Waals surface area contributed by atoms with Crippen molar-refractivity contribution in [3.63, 3.8) is 0 Å². The molecule has 1 fully saturated rings. The summed E-state index contributed by atoms with van der Waals surface area (Å²) in [5.74, 6) is 0.751. The summed E-state index contributed by atoms with van der Waals surface area (Å²) in [7, 11) is 1.69. The Hall–Kier alpha value is -0.650. The monoisotopic (exact) mass is 255 g/mol. The van der Waals surface area contributed by atoms with Crippen LogP contribution < -0.4 is 10.6 Å². The maximum atomic E-state index is 5.75. The van der Waals surface area contributed by atoms with Crippen LogP contribution in [0.1, 0.15) is 30.8 Å². The van der Waals surface area contributed by atoms with E-state index in [1.54, 1.807) is 18.4 Å². The average molecular weight is 255 g/mol. The van der Waals surface area contributed by atoms with Crippen molar-refractivity contribution in [3.8, 4) is 0 Å². The number of methoxy groups -OCH3 is 1. The van der Waals surface area contributed by atoms with Crippen LogP contribution in [0.3, 0.4) is 0 Å². The van der Waals surface area contributed by atoms with E-state index in [0.29, 0.717) is 19.2 Å². The van der Waals surface area contributed by atoms with Gasteiger partial charge in [-0.3, -0.25) is 0 Å². The molecule has 4 nitrogen and oxygen atoms in total. The van der Waals surface area contributed by atoms with E-state index in [1.807, 2.05) is 0 Å². The fourth-order valence-corrected chi connectivity index (χ4v) is 3.52. The molecule has 96 valence electrons. The van der Waals surface area contributed by atoms with Crippen molar-refractivity contribution in [2.45, 2.75) is 39.5 Å². The van der Waals surface area contributed by atoms with Gasteiger partial charge in [0.2, 0.25) is 0 Å². The van der Waals surface area contributed by atoms with E-state index in [9.17, 15) is 0 Å². The van der Waals surface area contributed by atoms with Crippen LogP contribution in [0.2, 0.25) is 0 Å². The second kappa shape index (κ2) is 5.33. The minimum Gasteiger partial charge on any atom is -0.378 e. The van der Waals surface area contributed by atoms with Crippen LogP contribution in [0, 0.1) is 5.92 Å². The maximum Gasteiger partial charge on any atom is 0.186 e. The zero-order chi connectivity index (χ0) is 12.4. The summed E-state index contributed by atoms with van der Waals surface area (Å²) in [5, 5.41) is 1.11. The van der Waals surface area contributed by atoms with Gasteiger partial charge in [-0.1, -0.05) is 6.92 Å². The SMILES string of the molecule is COCc1nc(N2CC(C)CC2C)sc1CN. The smallest absolute Gasteiger partial charge is 0.186 e. The number of nitrogens with two attached hydrogens (primary N) is 1. The minimum absolute atomic E-state index is 0.550. The Bertz CT molecular complexity index is 380. The molecule has 1 aromatic rings. The molecule has 0 radical (unpaired) electrons. The highest BCUT2D eigenvalue weighted by molar-refractivity contribution is 7.15. The normalized spacial score (nSPS) is 24.6. The predicted molar refractivity (Wildman–Crippen MR) is 71.3 cm³/mol. The molecule has 0 amide bonds. The van der Waals surface area contributed by atoms with Crippen molar-refractivity contribution in [1.82, 2.24) is 4.98 Å². The number of ether oxygens (including phenoxy) is 1. The first-order valence-electron chi connectivity index (χ1n) is 6.10. The number of hydrogen-bond donors (Lipinski definition) is 1. The Kier molecular flexibility index (Phi) is 4.01. The molecule has 1 aromatic heterocycles. The number of nitrogens with zero attached hydrogens (tertiary/aromatic N) is 2. The highest BCUT2D eigenvalue weighted by Crippen LogP contribution is 2.33. The fraction of sp³-hybridized carbons (Fsp3) is 0.750. The molecule has 2 heterocycles. The molecule has 2 N–H and O–H groups in total. The Morgan fingerprint density at radius 3 is 2.82 bits per heavy atom. The topological polar surface area (TPSA) is 51.4 Å². The van der Waals surface area contributed by atoms with Gasteiger partial charge < -0.3 is 15.4 Å². The Morgan fingerprint density at radius 2 is 2.29 bits per heavy atom. The third-order valence-electron chi connectivity index (χ3n) is 3.26. The van der Waals surface area contributed by atoms with Gasteiger partial charge in [0.1, 0.15) is 0 Å². The second-order valence-corrected chi connectivity index (χ2v) is 5.91. The summed E-state index contributed by atoms with van der Waals surface area (Å²) in [4.78, 5) is 8.22. The summed E-state index contributed by atoms with van der Waals surface area (Å²) in [6.45, 7) is 6.77. The van der Waals surface area contributed by atoms with E-state index in [1.165, 1.54) is 6.42 Å². The van der Waals surface area contributed by atoms with E-state index in [2.05, 4.69) is 23.7 Å². The molecule has 2 unspecified atom stereocenters. The molecule has 0 spiro atoms. The lowest BCUT2D eigenvalue weighted by Gasteiger charge is -2.19. The molecule has 1 aliphatic heterocycles. The Balaban J connectivity index is 2.21. The van der Waals surface area contributed by atoms with Crippen molar-refractivity contribution in [1.29, 1.82) is 0 Å². The molecule has 1 aliphatic rings. The van der Waals surface area contributed by atoms with Crippen molar-refractivity contribution >= 4 is 16.5 Å². The lowest BCUT2D eigenvalue weighted by molar-refractivity contribution is 0.181. The van der Waals surface area contributed by atoms with Crippen molar-refractivity contribution in [2.24, 2.45) is 11.7 Å². The molecular weight excluding hydrogens is 234 g/mol. The van der Waals surface area contributed by atoms with Crippen LogP contribution in [0.25, 0.3) is 0 Å². The molecule has 2 atom stereocenters. The van der Waals surface area contributed by atoms with Gasteiger partial charge in [-0.05, 0) is 19.3 Å². The lowest BCUT2D eigenvalue weighted by Crippen LogP contribution is -2.26. The van der Waals surface area contributed by atoms with Gasteiger partial charge in [0.15, 0.2) is 5.13 Å². The average Bonchev–Trinajstić information content (AvgIpc) is 2.82. The second-order valence-electron chi connectivity index (χ2n) is 4.85. The van der Waals surface area contributed by atoms with Gasteiger partial charge in [0, 0.05) is 31.1 Å². The summed E-state index contributed by atoms with van der Waals surface area (Å²) in [6.07, 6.45) is 1.25. The van der Waals surface area contributed by atoms with Crippen LogP contribution in [-0.2, 0) is 17.9 Å². The molecular formula is C12H21N3OS. The molecule has 1 saturated heterocycles. The number of hydrogen-bond acceptors (Lipinski definition) is 5. The van der Waals surface area contributed by atoms with E-state index in [-0.39, 0.29) is 0 Å². The van der Waals surface area contributed by atoms with Crippen molar-refractivity contribution in [2.75, 3.05) is 18.6 Å². The number of anilines is 1. The first-order valence-corrected chi connectivity index (χ1v) is 6.91. The fourth-order valence-electron chi connectivity index (χ4n) is 2.47. The quantitative estimate of drug-likeness (QED) is 0.894. The van der Waals surface area contributed by atoms with E-state index in [0.717, 1.165) is 28.2 Å². The van der Waals surface area contributed by atoms with Crippen molar-refractivity contribution < 1.29 is 4.74 Å². The third kappa shape index (κ3) is 2.61. The van der Waals surface area contributed by atoms with Crippen LogP contribution in [0.4, 0.5) is 5.13 Å². The van der Waals surface area contributed by atoms with Gasteiger partial charge in [-0.15, -0.1) is 11.3 Å². The standard InChI is InChI=1S/C12H21N3OS/c1-8-4-9(2)15(6-8)12-14-10(7-16-3)11(5-13)17-12/h8-9H,4-7,13H2,1-3H3. The highest BCUT2D eigenvalue weighted by Gasteiger charge is 2.28. The lowest BCUT2D eigenvalue weighted by atomic mass is 10.1. The molecule has 5 heteroatoms. The van der Waals surface area contributed by atoms with Crippen LogP contribution in [0.5, 0.6) is 0 Å². The predicted octanol–water partition coefficient (Wildman–Crippen LogP) is 1.98. The van der Waals surface area contributed by atoms with Gasteiger partial charge in [0.25, 0.3) is 0 Å². The van der Waals surface area contributed by atoms with Crippen LogP contribution in [0.15, 0.2) is 0 Å². The highest BCUT2D eigenvalue weighted by atomic mass is 32.1. The molecule has 0 aromatic carbocycles. The Labute approximate surface area is 107 Å². The summed E-state index contributed by atoms with van der Waals surface area (Å²) < 4.78 is 5.16. The molecule has 0 saturated carbocycles. The first kappa shape index (κ1) is 12.8. The van der Waals surface area contributed by atoms with E-state index >= 15 is 0 Å². The number of rotatable bonds is 4.